The standard InChI is InChI=1S/C36H53N3O5/c1-6-17-27(5)38(23-8-3)34(43)31-36-21-20-35(9-4,44-36)29(30(36)33(42)39(31)24-15-10-11-16-25-40)32(41)37(22-7-2)26-28-18-13-12-14-19-28/h7-8,12-14,18-19,27,29-31,40H,2-3,6,9-11,15-17,20-26H2,1,4-5H3/t27?,29-,30-,31?,35+,36?/m0/s1. The Bertz CT molecular complexity index is 1170. The van der Waals surface area contributed by atoms with Crippen LogP contribution in [0.5, 0.6) is 0 Å². The van der Waals surface area contributed by atoms with Gasteiger partial charge in [0.2, 0.25) is 17.7 Å². The number of aliphatic hydroxyl groups excluding tert-OH is 1. The lowest BCUT2D eigenvalue weighted by Gasteiger charge is -2.39. The van der Waals surface area contributed by atoms with Crippen molar-refractivity contribution in [2.75, 3.05) is 26.2 Å². The summed E-state index contributed by atoms with van der Waals surface area (Å²) < 4.78 is 7.04. The van der Waals surface area contributed by atoms with Crippen LogP contribution in [0.4, 0.5) is 0 Å². The van der Waals surface area contributed by atoms with Crippen molar-refractivity contribution < 1.29 is 24.2 Å². The smallest absolute Gasteiger partial charge is 0.248 e. The summed E-state index contributed by atoms with van der Waals surface area (Å²) in [6.45, 7) is 15.7. The number of hydrogen-bond acceptors (Lipinski definition) is 5. The summed E-state index contributed by atoms with van der Waals surface area (Å²) in [7, 11) is 0. The number of unbranched alkanes of at least 4 members (excludes halogenated alkanes) is 3. The Balaban J connectivity index is 1.74. The molecule has 3 saturated heterocycles. The lowest BCUT2D eigenvalue weighted by atomic mass is 9.64. The zero-order chi connectivity index (χ0) is 31.9. The number of carbonyl (C=O) groups is 3. The van der Waals surface area contributed by atoms with Gasteiger partial charge in [-0.3, -0.25) is 14.4 Å². The van der Waals surface area contributed by atoms with Crippen LogP contribution in [-0.4, -0.2) is 87.1 Å². The van der Waals surface area contributed by atoms with E-state index >= 15 is 0 Å². The van der Waals surface area contributed by atoms with Gasteiger partial charge in [-0.1, -0.05) is 75.6 Å². The number of nitrogens with zero attached hydrogens (tertiary/aromatic N) is 3. The van der Waals surface area contributed by atoms with E-state index in [-0.39, 0.29) is 30.4 Å². The van der Waals surface area contributed by atoms with Crippen molar-refractivity contribution in [2.24, 2.45) is 11.8 Å². The summed E-state index contributed by atoms with van der Waals surface area (Å²) in [6, 6.07) is 9.05. The highest BCUT2D eigenvalue weighted by atomic mass is 16.5. The third-order valence-electron chi connectivity index (χ3n) is 10.2. The number of likely N-dealkylation sites (tertiary alicyclic amines) is 1. The maximum atomic E-state index is 14.7. The Morgan fingerprint density at radius 3 is 2.41 bits per heavy atom. The topological polar surface area (TPSA) is 90.4 Å². The second kappa shape index (κ2) is 14.9. The highest BCUT2D eigenvalue weighted by Gasteiger charge is 2.79. The fourth-order valence-electron chi connectivity index (χ4n) is 8.11. The third-order valence-corrected chi connectivity index (χ3v) is 10.2. The lowest BCUT2D eigenvalue weighted by Crippen LogP contribution is -2.58. The molecule has 1 aromatic carbocycles. The van der Waals surface area contributed by atoms with E-state index in [0.29, 0.717) is 51.9 Å². The SMILES string of the molecule is C=CCN(Cc1ccccc1)C(=O)[C@@H]1[C@H]2C(=O)N(CCCCCCO)C(C(=O)N(CC=C)C(C)CCC)C23CC[C@@]1(CC)O3. The monoisotopic (exact) mass is 607 g/mol. The zero-order valence-electron chi connectivity index (χ0n) is 27.1. The lowest BCUT2D eigenvalue weighted by molar-refractivity contribution is -0.156. The molecule has 0 aromatic heterocycles. The number of aliphatic hydroxyl groups is 1. The van der Waals surface area contributed by atoms with Crippen LogP contribution in [0.2, 0.25) is 0 Å². The molecule has 3 fully saturated rings. The van der Waals surface area contributed by atoms with Crippen LogP contribution in [0.25, 0.3) is 0 Å². The Morgan fingerprint density at radius 1 is 1.07 bits per heavy atom. The van der Waals surface area contributed by atoms with E-state index < -0.39 is 29.1 Å². The van der Waals surface area contributed by atoms with Gasteiger partial charge in [0.05, 0.1) is 17.4 Å². The first-order valence-electron chi connectivity index (χ1n) is 16.7. The van der Waals surface area contributed by atoms with Crippen molar-refractivity contribution in [3.8, 4) is 0 Å². The molecular formula is C36H53N3O5. The van der Waals surface area contributed by atoms with Crippen molar-refractivity contribution in [3.63, 3.8) is 0 Å². The fraction of sp³-hybridized carbons (Fsp3) is 0.639. The van der Waals surface area contributed by atoms with E-state index in [1.807, 2.05) is 42.2 Å². The molecule has 3 heterocycles. The molecule has 3 aliphatic heterocycles. The van der Waals surface area contributed by atoms with Crippen LogP contribution in [0.15, 0.2) is 55.6 Å². The van der Waals surface area contributed by atoms with Gasteiger partial charge in [0.15, 0.2) is 0 Å². The molecule has 3 aliphatic rings. The zero-order valence-corrected chi connectivity index (χ0v) is 27.1. The molecule has 2 bridgehead atoms. The molecular weight excluding hydrogens is 554 g/mol. The number of hydrogen-bond donors (Lipinski definition) is 1. The van der Waals surface area contributed by atoms with Crippen molar-refractivity contribution >= 4 is 17.7 Å². The number of amides is 3. The van der Waals surface area contributed by atoms with Gasteiger partial charge in [-0.25, -0.2) is 0 Å². The van der Waals surface area contributed by atoms with Crippen molar-refractivity contribution in [2.45, 2.75) is 108 Å². The maximum Gasteiger partial charge on any atom is 0.248 e. The molecule has 1 aromatic rings. The largest absolute Gasteiger partial charge is 0.396 e. The van der Waals surface area contributed by atoms with Crippen LogP contribution in [0.1, 0.15) is 84.1 Å². The van der Waals surface area contributed by atoms with Gasteiger partial charge in [0.25, 0.3) is 0 Å². The molecule has 242 valence electrons. The summed E-state index contributed by atoms with van der Waals surface area (Å²) in [5.74, 6) is -1.74. The summed E-state index contributed by atoms with van der Waals surface area (Å²) >= 11 is 0. The molecule has 3 unspecified atom stereocenters. The van der Waals surface area contributed by atoms with Gasteiger partial charge < -0.3 is 24.5 Å². The molecule has 1 spiro atoms. The highest BCUT2D eigenvalue weighted by Crippen LogP contribution is 2.64. The highest BCUT2D eigenvalue weighted by molar-refractivity contribution is 5.99. The van der Waals surface area contributed by atoms with Crippen LogP contribution >= 0.6 is 0 Å². The van der Waals surface area contributed by atoms with Crippen LogP contribution in [0, 0.1) is 11.8 Å². The molecule has 4 rings (SSSR count). The van der Waals surface area contributed by atoms with E-state index in [1.165, 1.54) is 0 Å². The van der Waals surface area contributed by atoms with Crippen LogP contribution in [0.3, 0.4) is 0 Å². The molecule has 1 N–H and O–H groups in total. The molecule has 0 radical (unpaired) electrons. The third kappa shape index (κ3) is 6.25. The quantitative estimate of drug-likeness (QED) is 0.185. The summed E-state index contributed by atoms with van der Waals surface area (Å²) in [6.07, 6.45) is 10.2. The van der Waals surface area contributed by atoms with Crippen molar-refractivity contribution in [1.82, 2.24) is 14.7 Å². The van der Waals surface area contributed by atoms with Gasteiger partial charge >= 0.3 is 0 Å². The predicted molar refractivity (Wildman–Crippen MR) is 172 cm³/mol. The Kier molecular flexibility index (Phi) is 11.5. The van der Waals surface area contributed by atoms with Gasteiger partial charge in [-0.05, 0) is 51.0 Å². The van der Waals surface area contributed by atoms with Crippen LogP contribution in [-0.2, 0) is 25.7 Å². The normalized spacial score (nSPS) is 27.7. The summed E-state index contributed by atoms with van der Waals surface area (Å²) in [5.41, 5.74) is -0.835. The average molecular weight is 608 g/mol. The van der Waals surface area contributed by atoms with E-state index in [2.05, 4.69) is 27.0 Å². The van der Waals surface area contributed by atoms with E-state index in [0.717, 1.165) is 37.7 Å². The first kappa shape index (κ1) is 33.9. The van der Waals surface area contributed by atoms with E-state index in [4.69, 9.17) is 4.74 Å². The van der Waals surface area contributed by atoms with Gasteiger partial charge in [-0.2, -0.15) is 0 Å². The predicted octanol–water partition coefficient (Wildman–Crippen LogP) is 5.11. The number of fused-ring (bicyclic) bond motifs is 1. The minimum absolute atomic E-state index is 0.0208. The molecule has 44 heavy (non-hydrogen) atoms. The Labute approximate surface area is 264 Å². The second-order valence-corrected chi connectivity index (χ2v) is 12.9. The number of ether oxygens (including phenoxy) is 1. The summed E-state index contributed by atoms with van der Waals surface area (Å²) in [5, 5.41) is 9.24. The Hall–Kier alpha value is -2.97. The van der Waals surface area contributed by atoms with Gasteiger partial charge in [0, 0.05) is 38.8 Å². The second-order valence-electron chi connectivity index (χ2n) is 12.9. The number of rotatable bonds is 18. The minimum atomic E-state index is -1.05. The fourth-order valence-corrected chi connectivity index (χ4v) is 8.11. The number of benzene rings is 1. The molecule has 6 atom stereocenters. The number of carbonyl (C=O) groups excluding carboxylic acids is 3. The van der Waals surface area contributed by atoms with E-state index in [1.54, 1.807) is 22.0 Å². The molecule has 0 saturated carbocycles. The Morgan fingerprint density at radius 2 is 1.77 bits per heavy atom. The molecule has 3 amide bonds. The van der Waals surface area contributed by atoms with E-state index in [9.17, 15) is 19.5 Å². The van der Waals surface area contributed by atoms with Crippen LogP contribution < -0.4 is 0 Å². The first-order valence-corrected chi connectivity index (χ1v) is 16.7. The molecule has 8 nitrogen and oxygen atoms in total. The van der Waals surface area contributed by atoms with Gasteiger partial charge in [-0.15, -0.1) is 13.2 Å². The minimum Gasteiger partial charge on any atom is -0.396 e. The molecule has 8 heteroatoms. The molecule has 0 aliphatic carbocycles. The summed E-state index contributed by atoms with van der Waals surface area (Å²) in [4.78, 5) is 49.3. The van der Waals surface area contributed by atoms with Gasteiger partial charge in [0.1, 0.15) is 11.6 Å². The van der Waals surface area contributed by atoms with Crippen molar-refractivity contribution in [1.29, 1.82) is 0 Å². The average Bonchev–Trinajstić information content (AvgIpc) is 3.63. The maximum absolute atomic E-state index is 14.7. The first-order chi connectivity index (χ1) is 21.2. The van der Waals surface area contributed by atoms with Crippen molar-refractivity contribution in [3.05, 3.63) is 61.2 Å².